The topological polar surface area (TPSA) is 60.2 Å². The third-order valence-electron chi connectivity index (χ3n) is 5.06. The second-order valence-electron chi connectivity index (χ2n) is 6.51. The van der Waals surface area contributed by atoms with Gasteiger partial charge in [0.15, 0.2) is 0 Å². The minimum atomic E-state index is -0.151. The Kier molecular flexibility index (Phi) is 3.58. The van der Waals surface area contributed by atoms with Crippen molar-refractivity contribution in [2.75, 3.05) is 11.4 Å². The van der Waals surface area contributed by atoms with E-state index in [-0.39, 0.29) is 18.1 Å². The number of pyridine rings is 1. The van der Waals surface area contributed by atoms with Crippen molar-refractivity contribution < 1.29 is 9.53 Å². The van der Waals surface area contributed by atoms with Gasteiger partial charge in [-0.25, -0.2) is 9.97 Å². The molecule has 2 aliphatic heterocycles. The van der Waals surface area contributed by atoms with Crippen molar-refractivity contribution in [1.29, 1.82) is 0 Å². The van der Waals surface area contributed by atoms with Gasteiger partial charge in [0.05, 0.1) is 40.0 Å². The molecule has 0 spiro atoms. The minimum absolute atomic E-state index is 0.0149. The zero-order valence-electron chi connectivity index (χ0n) is 13.6. The lowest BCUT2D eigenvalue weighted by molar-refractivity contribution is -0.141. The Morgan fingerprint density at radius 2 is 2.15 bits per heavy atom. The molecular formula is C18H14Cl2N4O2. The second kappa shape index (κ2) is 5.86. The number of halogens is 2. The summed E-state index contributed by atoms with van der Waals surface area (Å²) in [4.78, 5) is 22.7. The molecule has 0 amide bonds. The maximum Gasteiger partial charge on any atom is 0.308 e. The quantitative estimate of drug-likeness (QED) is 0.627. The Hall–Kier alpha value is -2.31. The summed E-state index contributed by atoms with van der Waals surface area (Å²) in [5, 5.41) is 1.76. The largest absolute Gasteiger partial charge is 0.460 e. The third-order valence-corrected chi connectivity index (χ3v) is 5.85. The fourth-order valence-electron chi connectivity index (χ4n) is 3.84. The maximum atomic E-state index is 11.7. The number of aromatic nitrogens is 3. The van der Waals surface area contributed by atoms with Gasteiger partial charge in [-0.3, -0.25) is 4.79 Å². The molecule has 4 heterocycles. The molecular weight excluding hydrogens is 375 g/mol. The lowest BCUT2D eigenvalue weighted by atomic mass is 10.1. The van der Waals surface area contributed by atoms with Crippen molar-refractivity contribution in [2.24, 2.45) is 0 Å². The standard InChI is InChI=1S/C18H14Cl2N4O2/c19-11-2-1-10-12(23-6-4-21-9-23)7-15(22-18(10)17(11)20)24-5-3-14-13(24)8-16(25)26-14/h1-2,4,6-7,9,13-14H,3,5,8H2. The molecule has 3 aromatic rings. The molecule has 2 unspecified atom stereocenters. The van der Waals surface area contributed by atoms with Crippen LogP contribution in [0.15, 0.2) is 36.9 Å². The molecule has 0 N–H and O–H groups in total. The monoisotopic (exact) mass is 388 g/mol. The molecule has 5 rings (SSSR count). The van der Waals surface area contributed by atoms with Crippen LogP contribution in [0.25, 0.3) is 16.6 Å². The summed E-state index contributed by atoms with van der Waals surface area (Å²) in [6.07, 6.45) is 6.45. The van der Waals surface area contributed by atoms with Crippen LogP contribution >= 0.6 is 23.2 Å². The highest BCUT2D eigenvalue weighted by molar-refractivity contribution is 6.45. The molecule has 6 nitrogen and oxygen atoms in total. The minimum Gasteiger partial charge on any atom is -0.460 e. The van der Waals surface area contributed by atoms with Crippen LogP contribution in [-0.2, 0) is 9.53 Å². The van der Waals surface area contributed by atoms with Crippen molar-refractivity contribution in [1.82, 2.24) is 14.5 Å². The molecule has 2 atom stereocenters. The first-order chi connectivity index (χ1) is 12.6. The van der Waals surface area contributed by atoms with Gasteiger partial charge in [-0.1, -0.05) is 23.2 Å². The predicted molar refractivity (Wildman–Crippen MR) is 99.1 cm³/mol. The van der Waals surface area contributed by atoms with Crippen molar-refractivity contribution in [2.45, 2.75) is 25.0 Å². The highest BCUT2D eigenvalue weighted by Crippen LogP contribution is 2.38. The number of imidazole rings is 1. The summed E-state index contributed by atoms with van der Waals surface area (Å²) < 4.78 is 7.32. The first kappa shape index (κ1) is 15.9. The summed E-state index contributed by atoms with van der Waals surface area (Å²) in [5.74, 6) is 0.609. The van der Waals surface area contributed by atoms with Crippen LogP contribution in [0.2, 0.25) is 10.0 Å². The Balaban J connectivity index is 1.71. The van der Waals surface area contributed by atoms with Gasteiger partial charge in [0.25, 0.3) is 0 Å². The SMILES string of the molecule is O=C1CC2C(CCN2c2cc(-n3ccnc3)c3ccc(Cl)c(Cl)c3n2)O1. The molecule has 0 radical (unpaired) electrons. The van der Waals surface area contributed by atoms with Crippen LogP contribution in [0.5, 0.6) is 0 Å². The fraction of sp³-hybridized carbons (Fsp3) is 0.278. The molecule has 2 fully saturated rings. The average molecular weight is 389 g/mol. The summed E-state index contributed by atoms with van der Waals surface area (Å²) >= 11 is 12.7. The van der Waals surface area contributed by atoms with Crippen LogP contribution in [0.4, 0.5) is 5.82 Å². The summed E-state index contributed by atoms with van der Waals surface area (Å²) in [6, 6.07) is 5.69. The van der Waals surface area contributed by atoms with Gasteiger partial charge in [-0.05, 0) is 12.1 Å². The van der Waals surface area contributed by atoms with E-state index in [4.69, 9.17) is 32.9 Å². The zero-order valence-corrected chi connectivity index (χ0v) is 15.1. The van der Waals surface area contributed by atoms with Gasteiger partial charge in [0.1, 0.15) is 11.9 Å². The number of carbonyl (C=O) groups excluding carboxylic acids is 1. The number of esters is 1. The molecule has 2 aromatic heterocycles. The molecule has 0 aliphatic carbocycles. The van der Waals surface area contributed by atoms with E-state index in [9.17, 15) is 4.79 Å². The van der Waals surface area contributed by atoms with Crippen LogP contribution < -0.4 is 4.90 Å². The molecule has 132 valence electrons. The van der Waals surface area contributed by atoms with Crippen LogP contribution in [0, 0.1) is 0 Å². The Labute approximate surface area is 159 Å². The lowest BCUT2D eigenvalue weighted by Crippen LogP contribution is -2.32. The van der Waals surface area contributed by atoms with Gasteiger partial charge in [-0.15, -0.1) is 0 Å². The van der Waals surface area contributed by atoms with E-state index in [1.165, 1.54) is 0 Å². The number of ether oxygens (including phenoxy) is 1. The van der Waals surface area contributed by atoms with Gasteiger partial charge in [0, 0.05) is 36.8 Å². The smallest absolute Gasteiger partial charge is 0.308 e. The van der Waals surface area contributed by atoms with Gasteiger partial charge >= 0.3 is 5.97 Å². The molecule has 26 heavy (non-hydrogen) atoms. The van der Waals surface area contributed by atoms with Gasteiger partial charge in [-0.2, -0.15) is 0 Å². The van der Waals surface area contributed by atoms with Crippen LogP contribution in [-0.4, -0.2) is 39.2 Å². The van der Waals surface area contributed by atoms with Crippen LogP contribution in [0.1, 0.15) is 12.8 Å². The summed E-state index contributed by atoms with van der Waals surface area (Å²) in [5.41, 5.74) is 1.55. The number of rotatable bonds is 2. The highest BCUT2D eigenvalue weighted by atomic mass is 35.5. The van der Waals surface area contributed by atoms with Crippen molar-refractivity contribution in [3.05, 3.63) is 47.0 Å². The van der Waals surface area contributed by atoms with Crippen molar-refractivity contribution in [3.63, 3.8) is 0 Å². The molecule has 2 saturated heterocycles. The maximum absolute atomic E-state index is 11.7. The van der Waals surface area contributed by atoms with Crippen molar-refractivity contribution in [3.8, 4) is 5.69 Å². The number of benzene rings is 1. The highest BCUT2D eigenvalue weighted by Gasteiger charge is 2.44. The van der Waals surface area contributed by atoms with E-state index in [1.54, 1.807) is 18.6 Å². The fourth-order valence-corrected chi connectivity index (χ4v) is 4.20. The third kappa shape index (κ3) is 2.36. The van der Waals surface area contributed by atoms with E-state index < -0.39 is 0 Å². The molecule has 0 saturated carbocycles. The number of nitrogens with zero attached hydrogens (tertiary/aromatic N) is 4. The average Bonchev–Trinajstić information content (AvgIpc) is 3.34. The van der Waals surface area contributed by atoms with Gasteiger partial charge < -0.3 is 14.2 Å². The van der Waals surface area contributed by atoms with E-state index in [2.05, 4.69) is 9.88 Å². The molecule has 8 heteroatoms. The second-order valence-corrected chi connectivity index (χ2v) is 7.29. The summed E-state index contributed by atoms with van der Waals surface area (Å²) in [6.45, 7) is 0.780. The Bertz CT molecular complexity index is 1020. The van der Waals surface area contributed by atoms with Gasteiger partial charge in [0.2, 0.25) is 0 Å². The normalized spacial score (nSPS) is 22.1. The Morgan fingerprint density at radius 3 is 2.96 bits per heavy atom. The number of hydrogen-bond acceptors (Lipinski definition) is 5. The number of fused-ring (bicyclic) bond motifs is 2. The molecule has 0 bridgehead atoms. The van der Waals surface area contributed by atoms with Crippen LogP contribution in [0.3, 0.4) is 0 Å². The molecule has 1 aromatic carbocycles. The number of anilines is 1. The Morgan fingerprint density at radius 1 is 1.27 bits per heavy atom. The zero-order chi connectivity index (χ0) is 17.8. The molecule has 2 aliphatic rings. The van der Waals surface area contributed by atoms with E-state index >= 15 is 0 Å². The van der Waals surface area contributed by atoms with Crippen molar-refractivity contribution >= 4 is 45.9 Å². The van der Waals surface area contributed by atoms with E-state index in [0.29, 0.717) is 22.0 Å². The number of carbonyl (C=O) groups is 1. The first-order valence-electron chi connectivity index (χ1n) is 8.35. The summed E-state index contributed by atoms with van der Waals surface area (Å²) in [7, 11) is 0. The van der Waals surface area contributed by atoms with E-state index in [1.807, 2.05) is 22.9 Å². The number of hydrogen-bond donors (Lipinski definition) is 0. The first-order valence-corrected chi connectivity index (χ1v) is 9.10. The lowest BCUT2D eigenvalue weighted by Gasteiger charge is -2.24. The predicted octanol–water partition coefficient (Wildman–Crippen LogP) is 3.62. The van der Waals surface area contributed by atoms with E-state index in [0.717, 1.165) is 29.9 Å².